The van der Waals surface area contributed by atoms with Crippen LogP contribution in [0.3, 0.4) is 0 Å². The topological polar surface area (TPSA) is 119 Å². The zero-order valence-electron chi connectivity index (χ0n) is 20.9. The molecule has 0 saturated carbocycles. The summed E-state index contributed by atoms with van der Waals surface area (Å²) in [5, 5.41) is 20.2. The number of aromatic amines is 1. The van der Waals surface area contributed by atoms with Gasteiger partial charge < -0.3 is 20.2 Å². The Hall–Kier alpha value is -3.98. The van der Waals surface area contributed by atoms with Gasteiger partial charge in [0.05, 0.1) is 11.8 Å². The predicted molar refractivity (Wildman–Crippen MR) is 137 cm³/mol. The highest BCUT2D eigenvalue weighted by molar-refractivity contribution is 6.01. The van der Waals surface area contributed by atoms with Crippen molar-refractivity contribution < 1.29 is 19.5 Å². The van der Waals surface area contributed by atoms with Crippen LogP contribution in [0, 0.1) is 5.92 Å². The zero-order chi connectivity index (χ0) is 26.1. The maximum absolute atomic E-state index is 13.8. The summed E-state index contributed by atoms with van der Waals surface area (Å²) in [6, 6.07) is 15.5. The van der Waals surface area contributed by atoms with Crippen molar-refractivity contribution in [3.05, 3.63) is 77.5 Å². The third-order valence-electron chi connectivity index (χ3n) is 7.17. The lowest BCUT2D eigenvalue weighted by Crippen LogP contribution is -2.55. The number of aliphatic hydroxyl groups is 1. The molecule has 3 amide bonds. The lowest BCUT2D eigenvalue weighted by atomic mass is 10.0. The van der Waals surface area contributed by atoms with Gasteiger partial charge in [0.1, 0.15) is 12.1 Å². The van der Waals surface area contributed by atoms with E-state index >= 15 is 0 Å². The van der Waals surface area contributed by atoms with E-state index in [9.17, 15) is 19.5 Å². The van der Waals surface area contributed by atoms with Gasteiger partial charge in [0.15, 0.2) is 0 Å². The molecule has 192 valence electrons. The van der Waals surface area contributed by atoms with Gasteiger partial charge in [-0.2, -0.15) is 5.10 Å². The number of carbonyl (C=O) groups is 3. The molecule has 3 atom stereocenters. The quantitative estimate of drug-likeness (QED) is 0.459. The minimum absolute atomic E-state index is 0.0635. The third-order valence-corrected chi connectivity index (χ3v) is 7.17. The lowest BCUT2D eigenvalue weighted by molar-refractivity contribution is -0.143. The van der Waals surface area contributed by atoms with E-state index in [1.165, 1.54) is 4.90 Å². The third kappa shape index (κ3) is 4.86. The number of hydrogen-bond donors (Lipinski definition) is 3. The van der Waals surface area contributed by atoms with Gasteiger partial charge in [-0.3, -0.25) is 19.5 Å². The first kappa shape index (κ1) is 24.7. The van der Waals surface area contributed by atoms with Crippen LogP contribution in [-0.4, -0.2) is 67.6 Å². The summed E-state index contributed by atoms with van der Waals surface area (Å²) in [7, 11) is 0. The molecule has 3 heterocycles. The van der Waals surface area contributed by atoms with E-state index in [-0.39, 0.29) is 36.6 Å². The molecule has 3 N–H and O–H groups in total. The van der Waals surface area contributed by atoms with Crippen LogP contribution in [0.2, 0.25) is 0 Å². The van der Waals surface area contributed by atoms with Crippen molar-refractivity contribution in [2.24, 2.45) is 5.92 Å². The van der Waals surface area contributed by atoms with Gasteiger partial charge in [-0.05, 0) is 34.7 Å². The first-order valence-electron chi connectivity index (χ1n) is 12.6. The first-order valence-corrected chi connectivity index (χ1v) is 12.6. The average Bonchev–Trinajstić information content (AvgIpc) is 3.63. The van der Waals surface area contributed by atoms with Gasteiger partial charge in [-0.1, -0.05) is 56.3 Å². The number of nitrogens with zero attached hydrogens (tertiary/aromatic N) is 3. The Balaban J connectivity index is 1.27. The highest BCUT2D eigenvalue weighted by Gasteiger charge is 2.45. The molecule has 2 aliphatic heterocycles. The van der Waals surface area contributed by atoms with Crippen molar-refractivity contribution in [1.29, 1.82) is 0 Å². The number of likely N-dealkylation sites (tertiary alicyclic amines) is 1. The fourth-order valence-electron chi connectivity index (χ4n) is 5.28. The Bertz CT molecular complexity index is 1290. The summed E-state index contributed by atoms with van der Waals surface area (Å²) in [5.74, 6) is -0.972. The SMILES string of the molecule is CC(C)[C@@H](C(=O)N1CC(O)CC1C(=O)NCc1ccc(-c2ccn[nH]2)cc1)N1Cc2ccccc2C1=O. The molecule has 1 aromatic heterocycles. The van der Waals surface area contributed by atoms with Crippen LogP contribution in [0.5, 0.6) is 0 Å². The van der Waals surface area contributed by atoms with Crippen molar-refractivity contribution in [2.45, 2.75) is 51.5 Å². The van der Waals surface area contributed by atoms with E-state index in [4.69, 9.17) is 0 Å². The van der Waals surface area contributed by atoms with Crippen LogP contribution in [0.4, 0.5) is 0 Å². The van der Waals surface area contributed by atoms with Gasteiger partial charge >= 0.3 is 0 Å². The number of nitrogens with one attached hydrogen (secondary N) is 2. The molecule has 3 aromatic rings. The van der Waals surface area contributed by atoms with Crippen LogP contribution in [0.1, 0.15) is 41.8 Å². The molecule has 0 spiro atoms. The summed E-state index contributed by atoms with van der Waals surface area (Å²) >= 11 is 0. The van der Waals surface area contributed by atoms with E-state index < -0.39 is 18.2 Å². The largest absolute Gasteiger partial charge is 0.391 e. The number of fused-ring (bicyclic) bond motifs is 1. The number of rotatable bonds is 7. The first-order chi connectivity index (χ1) is 17.8. The molecule has 5 rings (SSSR count). The molecule has 9 nitrogen and oxygen atoms in total. The molecule has 1 fully saturated rings. The minimum Gasteiger partial charge on any atom is -0.391 e. The molecular weight excluding hydrogens is 470 g/mol. The summed E-state index contributed by atoms with van der Waals surface area (Å²) in [6.45, 7) is 4.50. The summed E-state index contributed by atoms with van der Waals surface area (Å²) in [5.41, 5.74) is 4.30. The predicted octanol–water partition coefficient (Wildman–Crippen LogP) is 2.34. The lowest BCUT2D eigenvalue weighted by Gasteiger charge is -2.35. The molecule has 1 saturated heterocycles. The van der Waals surface area contributed by atoms with E-state index in [0.29, 0.717) is 18.7 Å². The van der Waals surface area contributed by atoms with Crippen molar-refractivity contribution >= 4 is 17.7 Å². The monoisotopic (exact) mass is 501 g/mol. The standard InChI is InChI=1S/C28H31N5O4/c1-17(2)25(33-15-20-5-3-4-6-22(20)27(33)36)28(37)32-16-21(34)13-24(32)26(35)29-14-18-7-9-19(10-8-18)23-11-12-30-31-23/h3-12,17,21,24-25,34H,13-16H2,1-2H3,(H,29,35)(H,30,31)/t21?,24?,25-/m0/s1. The van der Waals surface area contributed by atoms with Crippen LogP contribution in [0.25, 0.3) is 11.3 Å². The van der Waals surface area contributed by atoms with Crippen LogP contribution < -0.4 is 5.32 Å². The smallest absolute Gasteiger partial charge is 0.255 e. The van der Waals surface area contributed by atoms with Crippen molar-refractivity contribution in [3.8, 4) is 11.3 Å². The maximum Gasteiger partial charge on any atom is 0.255 e. The van der Waals surface area contributed by atoms with Crippen molar-refractivity contribution in [1.82, 2.24) is 25.3 Å². The number of hydrogen-bond acceptors (Lipinski definition) is 5. The second kappa shape index (κ2) is 10.2. The number of benzene rings is 2. The summed E-state index contributed by atoms with van der Waals surface area (Å²) < 4.78 is 0. The van der Waals surface area contributed by atoms with E-state index in [1.54, 1.807) is 17.2 Å². The van der Waals surface area contributed by atoms with E-state index in [0.717, 1.165) is 22.4 Å². The Labute approximate surface area is 215 Å². The van der Waals surface area contributed by atoms with Crippen molar-refractivity contribution in [2.75, 3.05) is 6.54 Å². The van der Waals surface area contributed by atoms with E-state index in [2.05, 4.69) is 15.5 Å². The molecule has 0 aliphatic carbocycles. The van der Waals surface area contributed by atoms with Gasteiger partial charge in [0, 0.05) is 37.8 Å². The van der Waals surface area contributed by atoms with Gasteiger partial charge in [-0.15, -0.1) is 0 Å². The number of aliphatic hydroxyl groups excluding tert-OH is 1. The molecule has 2 unspecified atom stereocenters. The average molecular weight is 502 g/mol. The van der Waals surface area contributed by atoms with Gasteiger partial charge in [0.25, 0.3) is 5.91 Å². The number of aromatic nitrogens is 2. The van der Waals surface area contributed by atoms with Gasteiger partial charge in [0.2, 0.25) is 11.8 Å². The second-order valence-electron chi connectivity index (χ2n) is 10.1. The summed E-state index contributed by atoms with van der Waals surface area (Å²) in [4.78, 5) is 43.1. The highest BCUT2D eigenvalue weighted by atomic mass is 16.3. The number of H-pyrrole nitrogens is 1. The number of amides is 3. The Morgan fingerprint density at radius 2 is 1.89 bits per heavy atom. The fourth-order valence-corrected chi connectivity index (χ4v) is 5.28. The van der Waals surface area contributed by atoms with Crippen molar-refractivity contribution in [3.63, 3.8) is 0 Å². The Kier molecular flexibility index (Phi) is 6.80. The Morgan fingerprint density at radius 3 is 2.57 bits per heavy atom. The fraction of sp³-hybridized carbons (Fsp3) is 0.357. The second-order valence-corrected chi connectivity index (χ2v) is 10.1. The molecular formula is C28H31N5O4. The van der Waals surface area contributed by atoms with Crippen LogP contribution in [0.15, 0.2) is 60.8 Å². The van der Waals surface area contributed by atoms with Crippen LogP contribution in [-0.2, 0) is 22.7 Å². The van der Waals surface area contributed by atoms with Crippen LogP contribution >= 0.6 is 0 Å². The maximum atomic E-state index is 13.8. The number of β-amino-alcohol motifs (C(OH)–C–C–N with tert-alkyl or cyclic N) is 1. The molecule has 2 aliphatic rings. The molecule has 0 bridgehead atoms. The highest BCUT2D eigenvalue weighted by Crippen LogP contribution is 2.30. The molecule has 37 heavy (non-hydrogen) atoms. The molecule has 9 heteroatoms. The Morgan fingerprint density at radius 1 is 1.14 bits per heavy atom. The zero-order valence-corrected chi connectivity index (χ0v) is 20.9. The van der Waals surface area contributed by atoms with E-state index in [1.807, 2.05) is 62.4 Å². The minimum atomic E-state index is -0.798. The van der Waals surface area contributed by atoms with Gasteiger partial charge in [-0.25, -0.2) is 0 Å². The number of carbonyl (C=O) groups excluding carboxylic acids is 3. The molecule has 2 aromatic carbocycles. The normalized spacial score (nSPS) is 19.8. The molecule has 0 radical (unpaired) electrons. The summed E-state index contributed by atoms with van der Waals surface area (Å²) in [6.07, 6.45) is 1.05.